The Bertz CT molecular complexity index is 493. The third kappa shape index (κ3) is 3.48. The van der Waals surface area contributed by atoms with Crippen molar-refractivity contribution >= 4 is 26.0 Å². The Hall–Kier alpha value is -0.500. The Morgan fingerprint density at radius 3 is 2.65 bits per heavy atom. The van der Waals surface area contributed by atoms with E-state index in [0.717, 1.165) is 6.07 Å². The van der Waals surface area contributed by atoms with Crippen molar-refractivity contribution in [2.24, 2.45) is 0 Å². The maximum Gasteiger partial charge on any atom is 0.242 e. The van der Waals surface area contributed by atoms with Crippen LogP contribution in [0.15, 0.2) is 27.6 Å². The second kappa shape index (κ2) is 5.90. The molecule has 0 fully saturated rings. The van der Waals surface area contributed by atoms with E-state index in [9.17, 15) is 12.8 Å². The third-order valence-corrected chi connectivity index (χ3v) is 4.77. The number of benzene rings is 1. The molecule has 1 aromatic rings. The van der Waals surface area contributed by atoms with E-state index in [2.05, 4.69) is 21.2 Å². The molecule has 0 radical (unpaired) electrons. The monoisotopic (exact) mass is 324 g/mol. The van der Waals surface area contributed by atoms with Gasteiger partial charge in [0, 0.05) is 20.1 Å². The molecule has 0 unspecified atom stereocenters. The first-order valence-corrected chi connectivity index (χ1v) is 7.19. The number of sulfonamides is 1. The van der Waals surface area contributed by atoms with E-state index in [4.69, 9.17) is 0 Å². The van der Waals surface area contributed by atoms with Crippen LogP contribution in [0.2, 0.25) is 0 Å². The first-order chi connectivity index (χ1) is 7.89. The standard InChI is InChI=1S/C10H14BrFN2O2S/c1-13-5-6-14(2)17(15,16)8-3-4-9(11)10(12)7-8/h3-4,7,13H,5-6H2,1-2H3. The summed E-state index contributed by atoms with van der Waals surface area (Å²) in [6.45, 7) is 0.866. The van der Waals surface area contributed by atoms with Gasteiger partial charge in [-0.25, -0.2) is 12.8 Å². The van der Waals surface area contributed by atoms with Crippen molar-refractivity contribution in [2.45, 2.75) is 4.90 Å². The highest BCUT2D eigenvalue weighted by atomic mass is 79.9. The van der Waals surface area contributed by atoms with Crippen molar-refractivity contribution in [1.82, 2.24) is 9.62 Å². The molecule has 0 spiro atoms. The highest BCUT2D eigenvalue weighted by Gasteiger charge is 2.21. The summed E-state index contributed by atoms with van der Waals surface area (Å²) in [5.74, 6) is -0.590. The summed E-state index contributed by atoms with van der Waals surface area (Å²) >= 11 is 2.98. The number of hydrogen-bond acceptors (Lipinski definition) is 3. The van der Waals surface area contributed by atoms with Crippen LogP contribution in [0.25, 0.3) is 0 Å². The molecule has 1 N–H and O–H groups in total. The smallest absolute Gasteiger partial charge is 0.242 e. The van der Waals surface area contributed by atoms with Gasteiger partial charge in [0.1, 0.15) is 5.82 Å². The maximum atomic E-state index is 13.3. The first kappa shape index (κ1) is 14.6. The number of rotatable bonds is 5. The molecule has 0 aliphatic rings. The van der Waals surface area contributed by atoms with Crippen LogP contribution in [0.5, 0.6) is 0 Å². The van der Waals surface area contributed by atoms with Gasteiger partial charge < -0.3 is 5.32 Å². The molecule has 0 aromatic heterocycles. The molecule has 0 atom stereocenters. The van der Waals surface area contributed by atoms with Crippen molar-refractivity contribution < 1.29 is 12.8 Å². The SMILES string of the molecule is CNCCN(C)S(=O)(=O)c1ccc(Br)c(F)c1. The summed E-state index contributed by atoms with van der Waals surface area (Å²) < 4.78 is 38.7. The van der Waals surface area contributed by atoms with Crippen LogP contribution in [-0.4, -0.2) is 39.9 Å². The molecule has 0 saturated heterocycles. The fraction of sp³-hybridized carbons (Fsp3) is 0.400. The highest BCUT2D eigenvalue weighted by molar-refractivity contribution is 9.10. The maximum absolute atomic E-state index is 13.3. The lowest BCUT2D eigenvalue weighted by Crippen LogP contribution is -2.32. The topological polar surface area (TPSA) is 49.4 Å². The van der Waals surface area contributed by atoms with Gasteiger partial charge >= 0.3 is 0 Å². The molecule has 1 aromatic carbocycles. The Morgan fingerprint density at radius 1 is 1.47 bits per heavy atom. The van der Waals surface area contributed by atoms with Gasteiger partial charge in [0.2, 0.25) is 10.0 Å². The van der Waals surface area contributed by atoms with E-state index in [0.29, 0.717) is 13.1 Å². The van der Waals surface area contributed by atoms with E-state index < -0.39 is 15.8 Å². The Morgan fingerprint density at radius 2 is 2.12 bits per heavy atom. The normalized spacial score (nSPS) is 12.1. The van der Waals surface area contributed by atoms with Gasteiger partial charge in [0.15, 0.2) is 0 Å². The molecule has 96 valence electrons. The predicted octanol–water partition coefficient (Wildman–Crippen LogP) is 1.43. The minimum Gasteiger partial charge on any atom is -0.318 e. The lowest BCUT2D eigenvalue weighted by Gasteiger charge is -2.17. The van der Waals surface area contributed by atoms with Gasteiger partial charge in [-0.15, -0.1) is 0 Å². The van der Waals surface area contributed by atoms with Crippen LogP contribution < -0.4 is 5.32 Å². The van der Waals surface area contributed by atoms with Gasteiger partial charge in [-0.2, -0.15) is 4.31 Å². The number of likely N-dealkylation sites (N-methyl/N-ethyl adjacent to an activating group) is 2. The largest absolute Gasteiger partial charge is 0.318 e. The second-order valence-electron chi connectivity index (χ2n) is 3.51. The Labute approximate surface area is 109 Å². The highest BCUT2D eigenvalue weighted by Crippen LogP contribution is 2.21. The van der Waals surface area contributed by atoms with Crippen LogP contribution in [0.4, 0.5) is 4.39 Å². The number of nitrogens with one attached hydrogen (secondary N) is 1. The van der Waals surface area contributed by atoms with E-state index in [1.807, 2.05) is 0 Å². The third-order valence-electron chi connectivity index (χ3n) is 2.28. The van der Waals surface area contributed by atoms with Crippen LogP contribution in [0.3, 0.4) is 0 Å². The fourth-order valence-electron chi connectivity index (χ4n) is 1.21. The summed E-state index contributed by atoms with van der Waals surface area (Å²) in [7, 11) is -0.417. The average molecular weight is 325 g/mol. The summed E-state index contributed by atoms with van der Waals surface area (Å²) in [5, 5.41) is 2.85. The van der Waals surface area contributed by atoms with Crippen molar-refractivity contribution in [3.05, 3.63) is 28.5 Å². The summed E-state index contributed by atoms with van der Waals surface area (Å²) in [5.41, 5.74) is 0. The molecular formula is C10H14BrFN2O2S. The molecular weight excluding hydrogens is 311 g/mol. The van der Waals surface area contributed by atoms with E-state index in [1.54, 1.807) is 7.05 Å². The Balaban J connectivity index is 3.00. The number of hydrogen-bond donors (Lipinski definition) is 1. The minimum absolute atomic E-state index is 0.0446. The zero-order valence-corrected chi connectivity index (χ0v) is 12.0. The molecule has 0 heterocycles. The van der Waals surface area contributed by atoms with E-state index >= 15 is 0 Å². The minimum atomic E-state index is -3.62. The van der Waals surface area contributed by atoms with Crippen molar-refractivity contribution in [1.29, 1.82) is 0 Å². The summed E-state index contributed by atoms with van der Waals surface area (Å²) in [6, 6.07) is 3.77. The number of nitrogens with zero attached hydrogens (tertiary/aromatic N) is 1. The Kier molecular flexibility index (Phi) is 5.05. The van der Waals surface area contributed by atoms with Crippen LogP contribution in [0, 0.1) is 5.82 Å². The van der Waals surface area contributed by atoms with Crippen molar-refractivity contribution in [3.8, 4) is 0 Å². The van der Waals surface area contributed by atoms with Gasteiger partial charge in [-0.3, -0.25) is 0 Å². The molecule has 0 amide bonds. The number of halogens is 2. The van der Waals surface area contributed by atoms with Gasteiger partial charge in [-0.05, 0) is 41.2 Å². The van der Waals surface area contributed by atoms with Crippen LogP contribution in [0.1, 0.15) is 0 Å². The lowest BCUT2D eigenvalue weighted by atomic mass is 10.3. The lowest BCUT2D eigenvalue weighted by molar-refractivity contribution is 0.465. The molecule has 0 bridgehead atoms. The molecule has 4 nitrogen and oxygen atoms in total. The van der Waals surface area contributed by atoms with Crippen molar-refractivity contribution in [2.75, 3.05) is 27.2 Å². The molecule has 17 heavy (non-hydrogen) atoms. The molecule has 0 aliphatic carbocycles. The average Bonchev–Trinajstić information content (AvgIpc) is 2.29. The van der Waals surface area contributed by atoms with Gasteiger partial charge in [0.25, 0.3) is 0 Å². The first-order valence-electron chi connectivity index (χ1n) is 4.95. The van der Waals surface area contributed by atoms with Gasteiger partial charge in [-0.1, -0.05) is 0 Å². The molecule has 0 aliphatic heterocycles. The quantitative estimate of drug-likeness (QED) is 0.891. The van der Waals surface area contributed by atoms with E-state index in [1.165, 1.54) is 23.5 Å². The van der Waals surface area contributed by atoms with Crippen LogP contribution in [-0.2, 0) is 10.0 Å². The summed E-state index contributed by atoms with van der Waals surface area (Å²) in [4.78, 5) is -0.0446. The van der Waals surface area contributed by atoms with Crippen LogP contribution >= 0.6 is 15.9 Å². The summed E-state index contributed by atoms with van der Waals surface area (Å²) in [6.07, 6.45) is 0. The molecule has 7 heteroatoms. The molecule has 0 saturated carbocycles. The molecule has 1 rings (SSSR count). The zero-order valence-electron chi connectivity index (χ0n) is 9.57. The zero-order chi connectivity index (χ0) is 13.1. The van der Waals surface area contributed by atoms with E-state index in [-0.39, 0.29) is 9.37 Å². The fourth-order valence-corrected chi connectivity index (χ4v) is 2.64. The van der Waals surface area contributed by atoms with Gasteiger partial charge in [0.05, 0.1) is 9.37 Å². The van der Waals surface area contributed by atoms with Crippen molar-refractivity contribution in [3.63, 3.8) is 0 Å². The second-order valence-corrected chi connectivity index (χ2v) is 6.41. The predicted molar refractivity (Wildman–Crippen MR) is 67.8 cm³/mol.